The number of benzene rings is 3. The molecule has 1 unspecified atom stereocenters. The smallest absolute Gasteiger partial charge is 0.335 e. The molecule has 39 heavy (non-hydrogen) atoms. The fourth-order valence-corrected chi connectivity index (χ4v) is 6.39. The molecule has 3 aromatic carbocycles. The van der Waals surface area contributed by atoms with Gasteiger partial charge in [-0.1, -0.05) is 23.9 Å². The Morgan fingerprint density at radius 2 is 1.79 bits per heavy atom. The molecule has 0 bridgehead atoms. The minimum Gasteiger partial charge on any atom is -0.496 e. The number of rotatable bonds is 7. The van der Waals surface area contributed by atoms with E-state index in [2.05, 4.69) is 13.0 Å². The van der Waals surface area contributed by atoms with Gasteiger partial charge in [-0.3, -0.25) is 4.57 Å². The number of aryl methyl sites for hydroxylation is 2. The van der Waals surface area contributed by atoms with Gasteiger partial charge in [0.25, 0.3) is 0 Å². The van der Waals surface area contributed by atoms with Gasteiger partial charge in [0.2, 0.25) is 0 Å². The fraction of sp³-hybridized carbons (Fsp3) is 0.267. The molecular weight excluding hydrogens is 525 g/mol. The van der Waals surface area contributed by atoms with Crippen molar-refractivity contribution in [3.05, 3.63) is 106 Å². The van der Waals surface area contributed by atoms with E-state index >= 15 is 0 Å². The zero-order valence-corrected chi connectivity index (χ0v) is 22.5. The molecule has 1 aliphatic carbocycles. The Hall–Kier alpha value is -3.72. The lowest BCUT2D eigenvalue weighted by Crippen LogP contribution is -2.31. The number of aromatic nitrogens is 2. The maximum absolute atomic E-state index is 14.7. The molecule has 0 aliphatic heterocycles. The normalized spacial score (nSPS) is 16.7. The maximum Gasteiger partial charge on any atom is 0.335 e. The summed E-state index contributed by atoms with van der Waals surface area (Å²) in [6.07, 6.45) is 2.49. The van der Waals surface area contributed by atoms with Crippen molar-refractivity contribution in [2.45, 2.75) is 49.4 Å². The van der Waals surface area contributed by atoms with E-state index < -0.39 is 28.6 Å². The van der Waals surface area contributed by atoms with E-state index in [1.54, 1.807) is 19.2 Å². The molecule has 4 aromatic rings. The van der Waals surface area contributed by atoms with Crippen molar-refractivity contribution in [3.8, 4) is 11.4 Å². The summed E-state index contributed by atoms with van der Waals surface area (Å²) in [6.45, 7) is 4.15. The van der Waals surface area contributed by atoms with Gasteiger partial charge in [-0.2, -0.15) is 0 Å². The van der Waals surface area contributed by atoms with E-state index in [0.29, 0.717) is 10.8 Å². The van der Waals surface area contributed by atoms with Gasteiger partial charge < -0.3 is 9.84 Å². The molecular formula is C30H27F3N2O3S. The summed E-state index contributed by atoms with van der Waals surface area (Å²) in [5.74, 6) is -2.95. The Kier molecular flexibility index (Phi) is 7.20. The van der Waals surface area contributed by atoms with E-state index in [1.807, 2.05) is 23.6 Å². The number of ether oxygens (including phenoxy) is 1. The largest absolute Gasteiger partial charge is 0.496 e. The summed E-state index contributed by atoms with van der Waals surface area (Å²) >= 11 is 1.15. The molecule has 0 saturated carbocycles. The van der Waals surface area contributed by atoms with Crippen molar-refractivity contribution in [1.29, 1.82) is 0 Å². The molecule has 1 aliphatic rings. The number of hydrogen-bond donors (Lipinski definition) is 1. The van der Waals surface area contributed by atoms with Gasteiger partial charge in [0.15, 0.2) is 5.16 Å². The summed E-state index contributed by atoms with van der Waals surface area (Å²) in [7, 11) is 1.64. The van der Waals surface area contributed by atoms with Crippen LogP contribution in [-0.2, 0) is 17.6 Å². The van der Waals surface area contributed by atoms with Gasteiger partial charge in [-0.15, -0.1) is 0 Å². The average Bonchev–Trinajstić information content (AvgIpc) is 3.28. The second-order valence-electron chi connectivity index (χ2n) is 9.88. The van der Waals surface area contributed by atoms with Crippen LogP contribution < -0.4 is 4.74 Å². The summed E-state index contributed by atoms with van der Waals surface area (Å²) < 4.78 is 50.7. The predicted molar refractivity (Wildman–Crippen MR) is 144 cm³/mol. The molecule has 1 atom stereocenters. The molecule has 5 nitrogen and oxygen atoms in total. The van der Waals surface area contributed by atoms with Crippen LogP contribution in [0.1, 0.15) is 58.2 Å². The quantitative estimate of drug-likeness (QED) is 0.245. The van der Waals surface area contributed by atoms with Gasteiger partial charge in [0.1, 0.15) is 23.2 Å². The lowest BCUT2D eigenvalue weighted by molar-refractivity contribution is 0.0695. The Balaban J connectivity index is 1.63. The van der Waals surface area contributed by atoms with Gasteiger partial charge in [-0.05, 0) is 86.7 Å². The maximum atomic E-state index is 14.7. The van der Waals surface area contributed by atoms with E-state index in [-0.39, 0.29) is 17.1 Å². The Morgan fingerprint density at radius 1 is 1.10 bits per heavy atom. The predicted octanol–water partition coefficient (Wildman–Crippen LogP) is 7.24. The molecule has 0 amide bonds. The first-order valence-corrected chi connectivity index (χ1v) is 13.5. The first-order valence-electron chi connectivity index (χ1n) is 12.5. The van der Waals surface area contributed by atoms with Crippen molar-refractivity contribution in [1.82, 2.24) is 9.55 Å². The molecule has 0 saturated heterocycles. The third-order valence-corrected chi connectivity index (χ3v) is 8.35. The van der Waals surface area contributed by atoms with Crippen LogP contribution in [0.4, 0.5) is 13.2 Å². The number of nitrogens with zero attached hydrogens (tertiary/aromatic N) is 2. The van der Waals surface area contributed by atoms with Crippen LogP contribution in [0.5, 0.6) is 5.75 Å². The van der Waals surface area contributed by atoms with Gasteiger partial charge in [-0.25, -0.2) is 22.9 Å². The number of carboxylic acid groups (broad SMARTS) is 1. The van der Waals surface area contributed by atoms with Crippen LogP contribution in [0, 0.1) is 24.4 Å². The highest BCUT2D eigenvalue weighted by Crippen LogP contribution is 2.46. The van der Waals surface area contributed by atoms with E-state index in [4.69, 9.17) is 14.8 Å². The number of carboxylic acids is 1. The molecule has 1 N–H and O–H groups in total. The van der Waals surface area contributed by atoms with Gasteiger partial charge >= 0.3 is 5.97 Å². The Bertz CT molecular complexity index is 1550. The third kappa shape index (κ3) is 4.91. The third-order valence-electron chi connectivity index (χ3n) is 7.38. The summed E-state index contributed by atoms with van der Waals surface area (Å²) in [5.41, 5.74) is 3.49. The van der Waals surface area contributed by atoms with Gasteiger partial charge in [0, 0.05) is 22.4 Å². The van der Waals surface area contributed by atoms with Crippen molar-refractivity contribution >= 4 is 17.7 Å². The van der Waals surface area contributed by atoms with E-state index in [1.165, 1.54) is 12.1 Å². The van der Waals surface area contributed by atoms with E-state index in [0.717, 1.165) is 71.4 Å². The second-order valence-corrected chi connectivity index (χ2v) is 10.8. The number of thioether (sulfide) groups is 1. The minimum absolute atomic E-state index is 0.104. The monoisotopic (exact) mass is 552 g/mol. The number of carbonyl (C=O) groups is 1. The van der Waals surface area contributed by atoms with Crippen LogP contribution in [0.2, 0.25) is 0 Å². The van der Waals surface area contributed by atoms with Crippen molar-refractivity contribution < 1.29 is 27.8 Å². The topological polar surface area (TPSA) is 64.3 Å². The second kappa shape index (κ2) is 10.4. The highest BCUT2D eigenvalue weighted by atomic mass is 32.2. The lowest BCUT2D eigenvalue weighted by Gasteiger charge is -2.36. The lowest BCUT2D eigenvalue weighted by atomic mass is 9.71. The first-order chi connectivity index (χ1) is 18.6. The minimum atomic E-state index is -1.40. The zero-order valence-electron chi connectivity index (χ0n) is 21.7. The molecule has 0 radical (unpaired) electrons. The van der Waals surface area contributed by atoms with Crippen LogP contribution >= 0.6 is 11.8 Å². The number of imidazole rings is 1. The van der Waals surface area contributed by atoms with Crippen LogP contribution in [0.25, 0.3) is 5.69 Å². The molecule has 0 spiro atoms. The summed E-state index contributed by atoms with van der Waals surface area (Å²) in [5, 5.41) is 9.63. The zero-order chi connectivity index (χ0) is 27.9. The molecule has 9 heteroatoms. The number of fused-ring (bicyclic) bond motifs is 1. The number of aromatic carboxylic acids is 1. The van der Waals surface area contributed by atoms with Crippen LogP contribution in [0.3, 0.4) is 0 Å². The Labute approximate surface area is 228 Å². The molecule has 5 rings (SSSR count). The highest BCUT2D eigenvalue weighted by molar-refractivity contribution is 7.98. The van der Waals surface area contributed by atoms with Gasteiger partial charge in [0.05, 0.1) is 24.1 Å². The SMILES string of the molecule is COc1ccc(C2(C)CCCc3nc(SCc4c(F)cc(C(=O)O)cc4F)n(-c4ccc(F)cc4)c32)cc1C. The van der Waals surface area contributed by atoms with Crippen LogP contribution in [-0.4, -0.2) is 27.7 Å². The highest BCUT2D eigenvalue weighted by Gasteiger charge is 2.39. The molecule has 1 aromatic heterocycles. The van der Waals surface area contributed by atoms with Crippen molar-refractivity contribution in [3.63, 3.8) is 0 Å². The fourth-order valence-electron chi connectivity index (χ4n) is 5.34. The van der Waals surface area contributed by atoms with Crippen molar-refractivity contribution in [2.75, 3.05) is 7.11 Å². The molecule has 0 fully saturated rings. The Morgan fingerprint density at radius 3 is 2.41 bits per heavy atom. The van der Waals surface area contributed by atoms with E-state index in [9.17, 15) is 18.0 Å². The van der Waals surface area contributed by atoms with Crippen molar-refractivity contribution in [2.24, 2.45) is 0 Å². The summed E-state index contributed by atoms with van der Waals surface area (Å²) in [4.78, 5) is 16.1. The standard InChI is InChI=1S/C30H27F3N2O3S/c1-17-13-19(6-11-26(17)38-3)30(2)12-4-5-25-27(30)35(21-9-7-20(31)8-10-21)29(34-25)39-16-22-23(32)14-18(28(36)37)15-24(22)33/h6-11,13-15H,4-5,12,16H2,1-3H3,(H,36,37). The number of halogens is 3. The molecule has 1 heterocycles. The first kappa shape index (κ1) is 26.9. The molecule has 202 valence electrons. The number of methoxy groups -OCH3 is 1. The average molecular weight is 553 g/mol. The number of hydrogen-bond acceptors (Lipinski definition) is 4. The summed E-state index contributed by atoms with van der Waals surface area (Å²) in [6, 6.07) is 13.8. The van der Waals surface area contributed by atoms with Crippen LogP contribution in [0.15, 0.2) is 59.8 Å².